The number of sulfonamides is 1. The van der Waals surface area contributed by atoms with E-state index in [2.05, 4.69) is 5.32 Å². The zero-order valence-corrected chi connectivity index (χ0v) is 15.5. The Bertz CT molecular complexity index is 626. The van der Waals surface area contributed by atoms with Crippen LogP contribution in [0.4, 0.5) is 5.69 Å². The highest BCUT2D eigenvalue weighted by Gasteiger charge is 2.18. The van der Waals surface area contributed by atoms with Gasteiger partial charge in [-0.2, -0.15) is 0 Å². The molecule has 0 spiro atoms. The minimum Gasteiger partial charge on any atom is -0.353 e. The second-order valence-electron chi connectivity index (χ2n) is 6.38. The predicted molar refractivity (Wildman–Crippen MR) is 95.0 cm³/mol. The van der Waals surface area contributed by atoms with Crippen LogP contribution in [0.15, 0.2) is 24.3 Å². The van der Waals surface area contributed by atoms with Gasteiger partial charge in [0, 0.05) is 19.0 Å². The van der Waals surface area contributed by atoms with Crippen molar-refractivity contribution in [2.45, 2.75) is 46.6 Å². The fraction of sp³-hybridized carbons (Fsp3) is 0.588. The zero-order valence-electron chi connectivity index (χ0n) is 14.7. The standard InChI is InChI=1S/C17H28N2O3S/c1-13(2)15(4)18-17(20)10-7-11-19(23(5,21)22)16-9-6-8-14(3)12-16/h6,8-9,12-13,15H,7,10-11H2,1-5H3,(H,18,20)/t15-/m0/s1. The second kappa shape index (κ2) is 8.34. The summed E-state index contributed by atoms with van der Waals surface area (Å²) in [6, 6.07) is 7.48. The SMILES string of the molecule is Cc1cccc(N(CCCC(=O)N[C@@H](C)C(C)C)S(C)(=O)=O)c1. The molecule has 1 N–H and O–H groups in total. The van der Waals surface area contributed by atoms with E-state index in [1.165, 1.54) is 10.6 Å². The van der Waals surface area contributed by atoms with Crippen LogP contribution in [0.1, 0.15) is 39.2 Å². The van der Waals surface area contributed by atoms with Gasteiger partial charge < -0.3 is 5.32 Å². The quantitative estimate of drug-likeness (QED) is 0.791. The van der Waals surface area contributed by atoms with E-state index in [4.69, 9.17) is 0 Å². The van der Waals surface area contributed by atoms with Crippen LogP contribution in [0.2, 0.25) is 0 Å². The van der Waals surface area contributed by atoms with Crippen LogP contribution < -0.4 is 9.62 Å². The van der Waals surface area contributed by atoms with Crippen LogP contribution in [-0.2, 0) is 14.8 Å². The highest BCUT2D eigenvalue weighted by Crippen LogP contribution is 2.19. The molecule has 0 saturated heterocycles. The van der Waals surface area contributed by atoms with Gasteiger partial charge in [-0.05, 0) is 43.9 Å². The van der Waals surface area contributed by atoms with Crippen molar-refractivity contribution in [1.82, 2.24) is 5.32 Å². The number of benzene rings is 1. The number of aryl methyl sites for hydroxylation is 1. The normalized spacial score (nSPS) is 13.0. The molecule has 0 aromatic heterocycles. The van der Waals surface area contributed by atoms with E-state index in [-0.39, 0.29) is 11.9 Å². The number of anilines is 1. The lowest BCUT2D eigenvalue weighted by Gasteiger charge is -2.23. The summed E-state index contributed by atoms with van der Waals surface area (Å²) in [5.41, 5.74) is 1.64. The van der Waals surface area contributed by atoms with Gasteiger partial charge in [-0.3, -0.25) is 9.10 Å². The van der Waals surface area contributed by atoms with Crippen molar-refractivity contribution in [3.63, 3.8) is 0 Å². The van der Waals surface area contributed by atoms with Crippen LogP contribution in [0, 0.1) is 12.8 Å². The first-order valence-electron chi connectivity index (χ1n) is 7.95. The monoisotopic (exact) mass is 340 g/mol. The van der Waals surface area contributed by atoms with Crippen LogP contribution in [0.5, 0.6) is 0 Å². The van der Waals surface area contributed by atoms with Crippen LogP contribution in [0.25, 0.3) is 0 Å². The summed E-state index contributed by atoms with van der Waals surface area (Å²) in [7, 11) is -3.37. The van der Waals surface area contributed by atoms with Gasteiger partial charge in [0.25, 0.3) is 0 Å². The highest BCUT2D eigenvalue weighted by atomic mass is 32.2. The van der Waals surface area contributed by atoms with Crippen molar-refractivity contribution in [2.24, 2.45) is 5.92 Å². The Kier molecular flexibility index (Phi) is 7.06. The minimum absolute atomic E-state index is 0.0381. The minimum atomic E-state index is -3.37. The number of nitrogens with zero attached hydrogens (tertiary/aromatic N) is 1. The van der Waals surface area contributed by atoms with Crippen molar-refractivity contribution >= 4 is 21.6 Å². The maximum absolute atomic E-state index is 12.0. The molecule has 0 unspecified atom stereocenters. The molecule has 23 heavy (non-hydrogen) atoms. The van der Waals surface area contributed by atoms with E-state index in [0.29, 0.717) is 31.0 Å². The lowest BCUT2D eigenvalue weighted by atomic mass is 10.1. The molecule has 0 bridgehead atoms. The summed E-state index contributed by atoms with van der Waals surface area (Å²) in [5.74, 6) is 0.336. The van der Waals surface area contributed by atoms with E-state index in [0.717, 1.165) is 5.56 Å². The Hall–Kier alpha value is -1.56. The molecule has 0 fully saturated rings. The molecule has 1 amide bonds. The third-order valence-corrected chi connectivity index (χ3v) is 5.04. The number of carbonyl (C=O) groups excluding carboxylic acids is 1. The molecule has 0 aliphatic rings. The van der Waals surface area contributed by atoms with Crippen LogP contribution in [-0.4, -0.2) is 33.2 Å². The molecule has 0 aliphatic heterocycles. The molecular weight excluding hydrogens is 312 g/mol. The Morgan fingerprint density at radius 3 is 2.43 bits per heavy atom. The van der Waals surface area contributed by atoms with Crippen molar-refractivity contribution in [3.05, 3.63) is 29.8 Å². The number of carbonyl (C=O) groups is 1. The molecule has 0 aliphatic carbocycles. The molecule has 1 aromatic carbocycles. The van der Waals surface area contributed by atoms with Crippen molar-refractivity contribution in [3.8, 4) is 0 Å². The largest absolute Gasteiger partial charge is 0.353 e. The topological polar surface area (TPSA) is 66.5 Å². The van der Waals surface area contributed by atoms with E-state index in [1.54, 1.807) is 6.07 Å². The molecule has 5 nitrogen and oxygen atoms in total. The fourth-order valence-corrected chi connectivity index (χ4v) is 3.10. The van der Waals surface area contributed by atoms with Gasteiger partial charge in [0.2, 0.25) is 15.9 Å². The molecular formula is C17H28N2O3S. The number of nitrogens with one attached hydrogen (secondary N) is 1. The lowest BCUT2D eigenvalue weighted by molar-refractivity contribution is -0.122. The average Bonchev–Trinajstić information content (AvgIpc) is 2.41. The van der Waals surface area contributed by atoms with Gasteiger partial charge >= 0.3 is 0 Å². The van der Waals surface area contributed by atoms with Gasteiger partial charge in [0.05, 0.1) is 11.9 Å². The van der Waals surface area contributed by atoms with E-state index in [1.807, 2.05) is 45.9 Å². The molecule has 0 radical (unpaired) electrons. The van der Waals surface area contributed by atoms with Crippen LogP contribution in [0.3, 0.4) is 0 Å². The fourth-order valence-electron chi connectivity index (χ4n) is 2.15. The van der Waals surface area contributed by atoms with E-state index < -0.39 is 10.0 Å². The molecule has 1 aromatic rings. The maximum Gasteiger partial charge on any atom is 0.232 e. The maximum atomic E-state index is 12.0. The highest BCUT2D eigenvalue weighted by molar-refractivity contribution is 7.92. The third-order valence-electron chi connectivity index (χ3n) is 3.84. The van der Waals surface area contributed by atoms with Gasteiger partial charge in [-0.25, -0.2) is 8.42 Å². The number of rotatable bonds is 8. The average molecular weight is 340 g/mol. The summed E-state index contributed by atoms with van der Waals surface area (Å²) in [5, 5.41) is 2.93. The summed E-state index contributed by atoms with van der Waals surface area (Å²) in [4.78, 5) is 11.9. The smallest absolute Gasteiger partial charge is 0.232 e. The summed E-state index contributed by atoms with van der Waals surface area (Å²) >= 11 is 0. The summed E-state index contributed by atoms with van der Waals surface area (Å²) < 4.78 is 25.4. The van der Waals surface area contributed by atoms with Gasteiger partial charge in [-0.1, -0.05) is 26.0 Å². The first-order chi connectivity index (χ1) is 10.6. The van der Waals surface area contributed by atoms with Gasteiger partial charge in [0.1, 0.15) is 0 Å². The first kappa shape index (κ1) is 19.5. The second-order valence-corrected chi connectivity index (χ2v) is 8.28. The predicted octanol–water partition coefficient (Wildman–Crippen LogP) is 2.70. The molecule has 6 heteroatoms. The summed E-state index contributed by atoms with van der Waals surface area (Å²) in [6.45, 7) is 8.29. The molecule has 130 valence electrons. The van der Waals surface area contributed by atoms with Gasteiger partial charge in [-0.15, -0.1) is 0 Å². The Morgan fingerprint density at radius 1 is 1.26 bits per heavy atom. The Labute approximate surface area is 140 Å². The Morgan fingerprint density at radius 2 is 1.91 bits per heavy atom. The van der Waals surface area contributed by atoms with Crippen molar-refractivity contribution < 1.29 is 13.2 Å². The molecule has 0 heterocycles. The van der Waals surface area contributed by atoms with E-state index >= 15 is 0 Å². The summed E-state index contributed by atoms with van der Waals surface area (Å²) in [6.07, 6.45) is 1.99. The third kappa shape index (κ3) is 6.60. The Balaban J connectivity index is 2.66. The molecule has 1 rings (SSSR count). The lowest BCUT2D eigenvalue weighted by Crippen LogP contribution is -2.37. The number of amides is 1. The van der Waals surface area contributed by atoms with Crippen molar-refractivity contribution in [2.75, 3.05) is 17.1 Å². The van der Waals surface area contributed by atoms with Crippen LogP contribution >= 0.6 is 0 Å². The van der Waals surface area contributed by atoms with E-state index in [9.17, 15) is 13.2 Å². The number of hydrogen-bond acceptors (Lipinski definition) is 3. The molecule has 1 atom stereocenters. The van der Waals surface area contributed by atoms with Crippen molar-refractivity contribution in [1.29, 1.82) is 0 Å². The first-order valence-corrected chi connectivity index (χ1v) is 9.80. The zero-order chi connectivity index (χ0) is 17.6. The molecule has 0 saturated carbocycles. The van der Waals surface area contributed by atoms with Gasteiger partial charge in [0.15, 0.2) is 0 Å². The number of hydrogen-bond donors (Lipinski definition) is 1.